The molecule has 0 saturated heterocycles. The second-order valence-electron chi connectivity index (χ2n) is 7.44. The van der Waals surface area contributed by atoms with E-state index in [4.69, 9.17) is 14.2 Å². The first-order valence-electron chi connectivity index (χ1n) is 10.2. The number of anilines is 1. The number of hydrogen-bond donors (Lipinski definition) is 1. The van der Waals surface area contributed by atoms with Crippen molar-refractivity contribution in [2.75, 3.05) is 25.1 Å². The highest BCUT2D eigenvalue weighted by Crippen LogP contribution is 2.38. The van der Waals surface area contributed by atoms with Crippen LogP contribution < -0.4 is 14.8 Å². The number of ketones is 1. The molecule has 2 aliphatic rings. The third kappa shape index (κ3) is 5.25. The molecule has 1 aliphatic heterocycles. The van der Waals surface area contributed by atoms with Crippen molar-refractivity contribution in [1.29, 1.82) is 0 Å². The number of aryl methyl sites for hydroxylation is 2. The fourth-order valence-corrected chi connectivity index (χ4v) is 4.09. The monoisotopic (exact) mass is 487 g/mol. The summed E-state index contributed by atoms with van der Waals surface area (Å²) < 4.78 is 16.6. The molecule has 2 aromatic carbocycles. The van der Waals surface area contributed by atoms with Gasteiger partial charge in [-0.25, -0.2) is 0 Å². The average molecular weight is 488 g/mol. The predicted octanol–water partition coefficient (Wildman–Crippen LogP) is 3.85. The van der Waals surface area contributed by atoms with Gasteiger partial charge in [0.25, 0.3) is 5.91 Å². The normalized spacial score (nSPS) is 14.0. The molecule has 1 heterocycles. The summed E-state index contributed by atoms with van der Waals surface area (Å²) in [6.07, 6.45) is 3.14. The van der Waals surface area contributed by atoms with Crippen LogP contribution in [-0.4, -0.2) is 37.5 Å². The van der Waals surface area contributed by atoms with Crippen LogP contribution in [0.2, 0.25) is 0 Å². The summed E-state index contributed by atoms with van der Waals surface area (Å²) in [4.78, 5) is 36.5. The summed E-state index contributed by atoms with van der Waals surface area (Å²) in [6, 6.07) is 9.09. The van der Waals surface area contributed by atoms with E-state index in [-0.39, 0.29) is 18.6 Å². The molecule has 1 aliphatic carbocycles. The highest BCUT2D eigenvalue weighted by Gasteiger charge is 2.18. The molecule has 0 saturated carbocycles. The molecule has 1 amide bonds. The second kappa shape index (κ2) is 9.51. The average Bonchev–Trinajstić information content (AvgIpc) is 3.24. The number of carbonyl (C=O) groups excluding carboxylic acids is 3. The quantitative estimate of drug-likeness (QED) is 0.471. The van der Waals surface area contributed by atoms with E-state index in [2.05, 4.69) is 21.2 Å². The van der Waals surface area contributed by atoms with Gasteiger partial charge in [0.15, 0.2) is 23.9 Å². The number of ether oxygens (including phenoxy) is 3. The van der Waals surface area contributed by atoms with Crippen molar-refractivity contribution in [2.45, 2.75) is 32.1 Å². The first-order chi connectivity index (χ1) is 15.0. The van der Waals surface area contributed by atoms with E-state index in [1.165, 1.54) is 11.1 Å². The third-order valence-corrected chi connectivity index (χ3v) is 5.90. The second-order valence-corrected chi connectivity index (χ2v) is 8.30. The Morgan fingerprint density at radius 3 is 2.52 bits per heavy atom. The topological polar surface area (TPSA) is 90.9 Å². The lowest BCUT2D eigenvalue weighted by Gasteiger charge is -2.20. The molecular formula is C23H22BrNO6. The third-order valence-electron chi connectivity index (χ3n) is 5.25. The van der Waals surface area contributed by atoms with Gasteiger partial charge < -0.3 is 19.5 Å². The van der Waals surface area contributed by atoms with Gasteiger partial charge in [-0.3, -0.25) is 14.4 Å². The SMILES string of the molecule is O=C(COC(=O)CCC(=O)c1ccc2c(c1)CCC2)Nc1cc2c(cc1Br)OCCO2. The van der Waals surface area contributed by atoms with Crippen molar-refractivity contribution in [3.05, 3.63) is 51.5 Å². The number of rotatable bonds is 7. The van der Waals surface area contributed by atoms with Crippen molar-refractivity contribution in [3.63, 3.8) is 0 Å². The van der Waals surface area contributed by atoms with E-state index in [0.717, 1.165) is 19.3 Å². The number of benzene rings is 2. The van der Waals surface area contributed by atoms with E-state index in [1.54, 1.807) is 12.1 Å². The van der Waals surface area contributed by atoms with Crippen LogP contribution in [0.4, 0.5) is 5.69 Å². The number of fused-ring (bicyclic) bond motifs is 2. The fourth-order valence-electron chi connectivity index (χ4n) is 3.67. The molecule has 0 radical (unpaired) electrons. The fraction of sp³-hybridized carbons (Fsp3) is 0.348. The van der Waals surface area contributed by atoms with Crippen LogP contribution in [0, 0.1) is 0 Å². The molecule has 7 nitrogen and oxygen atoms in total. The zero-order chi connectivity index (χ0) is 21.8. The predicted molar refractivity (Wildman–Crippen MR) is 117 cm³/mol. The Morgan fingerprint density at radius 2 is 1.71 bits per heavy atom. The molecular weight excluding hydrogens is 466 g/mol. The molecule has 0 fully saturated rings. The van der Waals surface area contributed by atoms with Crippen LogP contribution in [0.5, 0.6) is 11.5 Å². The molecule has 31 heavy (non-hydrogen) atoms. The minimum atomic E-state index is -0.592. The maximum absolute atomic E-state index is 12.4. The van der Waals surface area contributed by atoms with Crippen molar-refractivity contribution in [3.8, 4) is 11.5 Å². The van der Waals surface area contributed by atoms with Crippen molar-refractivity contribution < 1.29 is 28.6 Å². The standard InChI is InChI=1S/C23H22BrNO6/c24-17-11-20-21(30-9-8-29-20)12-18(17)25-22(27)13-31-23(28)7-6-19(26)16-5-4-14-2-1-3-15(14)10-16/h4-5,10-12H,1-3,6-9,13H2,(H,25,27). The lowest BCUT2D eigenvalue weighted by molar-refractivity contribution is -0.147. The van der Waals surface area contributed by atoms with Crippen molar-refractivity contribution in [2.24, 2.45) is 0 Å². The highest BCUT2D eigenvalue weighted by molar-refractivity contribution is 9.10. The number of halogens is 1. The largest absolute Gasteiger partial charge is 0.486 e. The van der Waals surface area contributed by atoms with Gasteiger partial charge in [0.1, 0.15) is 13.2 Å². The Bertz CT molecular complexity index is 1030. The molecule has 0 spiro atoms. The molecule has 4 rings (SSSR count). The van der Waals surface area contributed by atoms with Gasteiger partial charge in [0.2, 0.25) is 0 Å². The molecule has 8 heteroatoms. The molecule has 162 valence electrons. The van der Waals surface area contributed by atoms with Gasteiger partial charge in [-0.1, -0.05) is 12.1 Å². The number of hydrogen-bond acceptors (Lipinski definition) is 6. The van der Waals surface area contributed by atoms with Gasteiger partial charge in [0.05, 0.1) is 12.1 Å². The summed E-state index contributed by atoms with van der Waals surface area (Å²) >= 11 is 3.37. The maximum atomic E-state index is 12.4. The summed E-state index contributed by atoms with van der Waals surface area (Å²) in [7, 11) is 0. The van der Waals surface area contributed by atoms with Gasteiger partial charge in [-0.15, -0.1) is 0 Å². The minimum Gasteiger partial charge on any atom is -0.486 e. The minimum absolute atomic E-state index is 0.0486. The number of esters is 1. The molecule has 1 N–H and O–H groups in total. The Hall–Kier alpha value is -2.87. The van der Waals surface area contributed by atoms with Crippen LogP contribution in [0.1, 0.15) is 40.7 Å². The Kier molecular flexibility index (Phi) is 6.56. The molecule has 0 aromatic heterocycles. The summed E-state index contributed by atoms with van der Waals surface area (Å²) in [5.74, 6) is -0.0553. The van der Waals surface area contributed by atoms with E-state index in [1.807, 2.05) is 18.2 Å². The number of nitrogens with one attached hydrogen (secondary N) is 1. The molecule has 0 atom stereocenters. The van der Waals surface area contributed by atoms with Gasteiger partial charge >= 0.3 is 5.97 Å². The lowest BCUT2D eigenvalue weighted by Crippen LogP contribution is -2.22. The zero-order valence-corrected chi connectivity index (χ0v) is 18.5. The van der Waals surface area contributed by atoms with Crippen LogP contribution in [-0.2, 0) is 27.2 Å². The summed E-state index contributed by atoms with van der Waals surface area (Å²) in [5.41, 5.74) is 3.62. The van der Waals surface area contributed by atoms with E-state index < -0.39 is 18.5 Å². The summed E-state index contributed by atoms with van der Waals surface area (Å²) in [5, 5.41) is 2.66. The number of carbonyl (C=O) groups is 3. The zero-order valence-electron chi connectivity index (χ0n) is 16.9. The number of amides is 1. The lowest BCUT2D eigenvalue weighted by atomic mass is 10.0. The Morgan fingerprint density at radius 1 is 0.968 bits per heavy atom. The van der Waals surface area contributed by atoms with E-state index in [9.17, 15) is 14.4 Å². The molecule has 2 aromatic rings. The van der Waals surface area contributed by atoms with Crippen molar-refractivity contribution >= 4 is 39.3 Å². The number of Topliss-reactive ketones (excluding diaryl/α,β-unsaturated/α-hetero) is 1. The van der Waals surface area contributed by atoms with Gasteiger partial charge in [0, 0.05) is 28.6 Å². The van der Waals surface area contributed by atoms with Crippen LogP contribution in [0.25, 0.3) is 0 Å². The Labute approximate surface area is 188 Å². The molecule has 0 bridgehead atoms. The van der Waals surface area contributed by atoms with Crippen LogP contribution >= 0.6 is 15.9 Å². The highest BCUT2D eigenvalue weighted by atomic mass is 79.9. The first-order valence-corrected chi connectivity index (χ1v) is 11.0. The van der Waals surface area contributed by atoms with E-state index in [0.29, 0.717) is 40.4 Å². The first kappa shape index (κ1) is 21.4. The van der Waals surface area contributed by atoms with Crippen LogP contribution in [0.3, 0.4) is 0 Å². The maximum Gasteiger partial charge on any atom is 0.306 e. The molecule has 0 unspecified atom stereocenters. The van der Waals surface area contributed by atoms with E-state index >= 15 is 0 Å². The van der Waals surface area contributed by atoms with Crippen molar-refractivity contribution in [1.82, 2.24) is 0 Å². The van der Waals surface area contributed by atoms with Crippen LogP contribution in [0.15, 0.2) is 34.8 Å². The Balaban J connectivity index is 1.23. The smallest absolute Gasteiger partial charge is 0.306 e. The van der Waals surface area contributed by atoms with Gasteiger partial charge in [-0.05, 0) is 52.4 Å². The van der Waals surface area contributed by atoms with Gasteiger partial charge in [-0.2, -0.15) is 0 Å². The summed E-state index contributed by atoms with van der Waals surface area (Å²) in [6.45, 7) is 0.465.